The molecule has 2 N–H and O–H groups in total. The van der Waals surface area contributed by atoms with E-state index in [0.29, 0.717) is 30.4 Å². The molecule has 1 aromatic rings. The SMILES string of the molecule is COC(=O)CCN(CC(C)C)C(=O)Cc1ccc(N)cn1. The molecule has 0 bridgehead atoms. The highest BCUT2D eigenvalue weighted by Gasteiger charge is 2.17. The minimum Gasteiger partial charge on any atom is -0.469 e. The van der Waals surface area contributed by atoms with E-state index in [2.05, 4.69) is 9.72 Å². The fourth-order valence-corrected chi connectivity index (χ4v) is 1.89. The van der Waals surface area contributed by atoms with Crippen LogP contribution in [0.5, 0.6) is 0 Å². The van der Waals surface area contributed by atoms with Crippen LogP contribution < -0.4 is 5.73 Å². The maximum Gasteiger partial charge on any atom is 0.307 e. The van der Waals surface area contributed by atoms with Gasteiger partial charge in [0, 0.05) is 18.8 Å². The molecule has 0 aliphatic rings. The Bertz CT molecular complexity index is 472. The van der Waals surface area contributed by atoms with Gasteiger partial charge in [-0.2, -0.15) is 0 Å². The number of rotatable bonds is 7. The minimum absolute atomic E-state index is 0.0510. The van der Waals surface area contributed by atoms with E-state index in [1.54, 1.807) is 17.0 Å². The van der Waals surface area contributed by atoms with E-state index in [1.165, 1.54) is 13.3 Å². The second-order valence-electron chi connectivity index (χ2n) is 5.32. The first-order valence-corrected chi connectivity index (χ1v) is 6.97. The Morgan fingerprint density at radius 2 is 2.10 bits per heavy atom. The van der Waals surface area contributed by atoms with Gasteiger partial charge in [-0.3, -0.25) is 14.6 Å². The lowest BCUT2D eigenvalue weighted by molar-refractivity contribution is -0.141. The molecule has 0 atom stereocenters. The predicted molar refractivity (Wildman–Crippen MR) is 80.4 cm³/mol. The zero-order valence-corrected chi connectivity index (χ0v) is 12.8. The van der Waals surface area contributed by atoms with E-state index < -0.39 is 0 Å². The smallest absolute Gasteiger partial charge is 0.307 e. The monoisotopic (exact) mass is 293 g/mol. The number of hydrogen-bond acceptors (Lipinski definition) is 5. The molecule has 0 saturated carbocycles. The van der Waals surface area contributed by atoms with Crippen LogP contribution >= 0.6 is 0 Å². The number of pyridine rings is 1. The molecule has 21 heavy (non-hydrogen) atoms. The molecule has 116 valence electrons. The first kappa shape index (κ1) is 16.9. The van der Waals surface area contributed by atoms with Crippen LogP contribution in [0, 0.1) is 5.92 Å². The highest BCUT2D eigenvalue weighted by Crippen LogP contribution is 2.07. The molecular weight excluding hydrogens is 270 g/mol. The minimum atomic E-state index is -0.317. The van der Waals surface area contributed by atoms with Crippen molar-refractivity contribution in [3.8, 4) is 0 Å². The highest BCUT2D eigenvalue weighted by molar-refractivity contribution is 5.79. The largest absolute Gasteiger partial charge is 0.469 e. The summed E-state index contributed by atoms with van der Waals surface area (Å²) in [6, 6.07) is 3.46. The number of methoxy groups -OCH3 is 1. The number of aromatic nitrogens is 1. The van der Waals surface area contributed by atoms with Gasteiger partial charge in [-0.25, -0.2) is 0 Å². The van der Waals surface area contributed by atoms with Crippen LogP contribution in [0.2, 0.25) is 0 Å². The highest BCUT2D eigenvalue weighted by atomic mass is 16.5. The molecular formula is C15H23N3O3. The number of nitrogen functional groups attached to an aromatic ring is 1. The van der Waals surface area contributed by atoms with E-state index in [1.807, 2.05) is 13.8 Å². The molecule has 1 amide bonds. The molecule has 6 heteroatoms. The Morgan fingerprint density at radius 3 is 2.62 bits per heavy atom. The van der Waals surface area contributed by atoms with Gasteiger partial charge >= 0.3 is 5.97 Å². The summed E-state index contributed by atoms with van der Waals surface area (Å²) < 4.78 is 4.61. The molecule has 0 radical (unpaired) electrons. The summed E-state index contributed by atoms with van der Waals surface area (Å²) in [6.07, 6.45) is 1.93. The lowest BCUT2D eigenvalue weighted by atomic mass is 10.1. The first-order chi connectivity index (χ1) is 9.92. The van der Waals surface area contributed by atoms with Gasteiger partial charge in [0.25, 0.3) is 0 Å². The Hall–Kier alpha value is -2.11. The number of amides is 1. The molecule has 0 saturated heterocycles. The van der Waals surface area contributed by atoms with Crippen LogP contribution in [0.3, 0.4) is 0 Å². The van der Waals surface area contributed by atoms with Gasteiger partial charge in [-0.1, -0.05) is 13.8 Å². The third kappa shape index (κ3) is 6.25. The molecule has 0 spiro atoms. The van der Waals surface area contributed by atoms with Crippen molar-refractivity contribution in [2.24, 2.45) is 5.92 Å². The maximum atomic E-state index is 12.3. The van der Waals surface area contributed by atoms with Gasteiger partial charge in [0.05, 0.1) is 31.8 Å². The molecule has 1 rings (SSSR count). The normalized spacial score (nSPS) is 10.5. The molecule has 0 aromatic carbocycles. The van der Waals surface area contributed by atoms with Crippen molar-refractivity contribution < 1.29 is 14.3 Å². The third-order valence-corrected chi connectivity index (χ3v) is 2.93. The van der Waals surface area contributed by atoms with Crippen LogP contribution in [-0.2, 0) is 20.7 Å². The topological polar surface area (TPSA) is 85.5 Å². The van der Waals surface area contributed by atoms with Crippen molar-refractivity contribution in [2.45, 2.75) is 26.7 Å². The molecule has 0 fully saturated rings. The molecule has 6 nitrogen and oxygen atoms in total. The lowest BCUT2D eigenvalue weighted by Gasteiger charge is -2.24. The summed E-state index contributed by atoms with van der Waals surface area (Å²) in [5, 5.41) is 0. The molecule has 0 unspecified atom stereocenters. The third-order valence-electron chi connectivity index (χ3n) is 2.93. The zero-order chi connectivity index (χ0) is 15.8. The number of nitrogens with zero attached hydrogens (tertiary/aromatic N) is 2. The van der Waals surface area contributed by atoms with Gasteiger partial charge in [0.15, 0.2) is 0 Å². The number of hydrogen-bond donors (Lipinski definition) is 1. The van der Waals surface area contributed by atoms with Crippen LogP contribution in [0.1, 0.15) is 26.0 Å². The molecule has 1 heterocycles. The zero-order valence-electron chi connectivity index (χ0n) is 12.8. The summed E-state index contributed by atoms with van der Waals surface area (Å²) in [7, 11) is 1.34. The standard InChI is InChI=1S/C15H23N3O3/c1-11(2)10-18(7-6-15(20)21-3)14(19)8-13-5-4-12(16)9-17-13/h4-5,9,11H,6-8,10,16H2,1-3H3. The second kappa shape index (κ2) is 8.24. The molecule has 0 aliphatic carbocycles. The summed E-state index contributed by atoms with van der Waals surface area (Å²) in [4.78, 5) is 29.4. The Kier molecular flexibility index (Phi) is 6.65. The number of carbonyl (C=O) groups is 2. The first-order valence-electron chi connectivity index (χ1n) is 6.97. The summed E-state index contributed by atoms with van der Waals surface area (Å²) in [5.41, 5.74) is 6.80. The van der Waals surface area contributed by atoms with Crippen molar-refractivity contribution in [1.29, 1.82) is 0 Å². The number of anilines is 1. The summed E-state index contributed by atoms with van der Waals surface area (Å²) in [6.45, 7) is 5.02. The van der Waals surface area contributed by atoms with E-state index in [9.17, 15) is 9.59 Å². The van der Waals surface area contributed by atoms with Crippen LogP contribution in [0.25, 0.3) is 0 Å². The van der Waals surface area contributed by atoms with Crippen molar-refractivity contribution in [3.63, 3.8) is 0 Å². The van der Waals surface area contributed by atoms with Gasteiger partial charge in [-0.15, -0.1) is 0 Å². The van der Waals surface area contributed by atoms with Gasteiger partial charge in [0.1, 0.15) is 0 Å². The van der Waals surface area contributed by atoms with E-state index in [-0.39, 0.29) is 24.7 Å². The molecule has 1 aromatic heterocycles. The van der Waals surface area contributed by atoms with Gasteiger partial charge in [-0.05, 0) is 18.1 Å². The lowest BCUT2D eigenvalue weighted by Crippen LogP contribution is -2.37. The second-order valence-corrected chi connectivity index (χ2v) is 5.32. The van der Waals surface area contributed by atoms with Crippen LogP contribution in [-0.4, -0.2) is 42.0 Å². The quantitative estimate of drug-likeness (QED) is 0.765. The van der Waals surface area contributed by atoms with E-state index in [4.69, 9.17) is 5.73 Å². The average molecular weight is 293 g/mol. The number of ether oxygens (including phenoxy) is 1. The fraction of sp³-hybridized carbons (Fsp3) is 0.533. The van der Waals surface area contributed by atoms with Crippen LogP contribution in [0.15, 0.2) is 18.3 Å². The Labute approximate surface area is 125 Å². The van der Waals surface area contributed by atoms with Crippen LogP contribution in [0.4, 0.5) is 5.69 Å². The number of esters is 1. The van der Waals surface area contributed by atoms with Crippen molar-refractivity contribution in [1.82, 2.24) is 9.88 Å². The number of nitrogens with two attached hydrogens (primary N) is 1. The molecule has 0 aliphatic heterocycles. The fourth-order valence-electron chi connectivity index (χ4n) is 1.89. The summed E-state index contributed by atoms with van der Waals surface area (Å²) >= 11 is 0. The number of carbonyl (C=O) groups excluding carboxylic acids is 2. The van der Waals surface area contributed by atoms with Crippen molar-refractivity contribution in [2.75, 3.05) is 25.9 Å². The van der Waals surface area contributed by atoms with Gasteiger partial charge < -0.3 is 15.4 Å². The van der Waals surface area contributed by atoms with Crippen molar-refractivity contribution >= 4 is 17.6 Å². The van der Waals surface area contributed by atoms with Crippen molar-refractivity contribution in [3.05, 3.63) is 24.0 Å². The average Bonchev–Trinajstić information content (AvgIpc) is 2.45. The Balaban J connectivity index is 2.65. The summed E-state index contributed by atoms with van der Waals surface area (Å²) in [5.74, 6) is -0.0435. The predicted octanol–water partition coefficient (Wildman–Crippen LogP) is 1.25. The van der Waals surface area contributed by atoms with E-state index >= 15 is 0 Å². The van der Waals surface area contributed by atoms with Gasteiger partial charge in [0.2, 0.25) is 5.91 Å². The van der Waals surface area contributed by atoms with E-state index in [0.717, 1.165) is 0 Å². The maximum absolute atomic E-state index is 12.3. The Morgan fingerprint density at radius 1 is 1.38 bits per heavy atom.